The smallest absolute Gasteiger partial charge is 0.428 e. The predicted octanol–water partition coefficient (Wildman–Crippen LogP) is 9.99. The van der Waals surface area contributed by atoms with Gasteiger partial charge in [-0.1, -0.05) is 52.4 Å². The molecule has 2 aromatic rings. The van der Waals surface area contributed by atoms with E-state index in [4.69, 9.17) is 4.74 Å². The van der Waals surface area contributed by atoms with Gasteiger partial charge in [-0.15, -0.1) is 0 Å². The van der Waals surface area contributed by atoms with Crippen molar-refractivity contribution < 1.29 is 66.9 Å². The first-order valence-electron chi connectivity index (χ1n) is 14.9. The highest BCUT2D eigenvalue weighted by molar-refractivity contribution is 5.56. The summed E-state index contributed by atoms with van der Waals surface area (Å²) >= 11 is 0. The third-order valence-electron chi connectivity index (χ3n) is 6.95. The van der Waals surface area contributed by atoms with Gasteiger partial charge < -0.3 is 14.2 Å². The maximum absolute atomic E-state index is 14.3. The highest BCUT2D eigenvalue weighted by atomic mass is 19.4. The summed E-state index contributed by atoms with van der Waals surface area (Å²) in [6.07, 6.45) is -2.81. The number of rotatable bonds is 22. The van der Waals surface area contributed by atoms with Crippen molar-refractivity contribution in [3.8, 4) is 17.1 Å². The van der Waals surface area contributed by atoms with Gasteiger partial charge in [0.05, 0.1) is 13.2 Å². The first-order chi connectivity index (χ1) is 21.8. The van der Waals surface area contributed by atoms with E-state index in [-0.39, 0.29) is 18.0 Å². The topological polar surface area (TPSA) is 53.5 Å². The number of aryl methyl sites for hydroxylation is 1. The average Bonchev–Trinajstić information content (AvgIpc) is 3.00. The molecule has 1 aromatic heterocycles. The molecule has 0 bridgehead atoms. The van der Waals surface area contributed by atoms with E-state index >= 15 is 0 Å². The van der Waals surface area contributed by atoms with E-state index < -0.39 is 54.9 Å². The number of hydrogen-bond acceptors (Lipinski definition) is 5. The molecule has 0 aliphatic carbocycles. The van der Waals surface area contributed by atoms with Crippen molar-refractivity contribution in [3.05, 3.63) is 42.2 Å². The van der Waals surface area contributed by atoms with Gasteiger partial charge in [0, 0.05) is 24.6 Å². The Morgan fingerprint density at radius 1 is 0.553 bits per heavy atom. The predicted molar refractivity (Wildman–Crippen MR) is 147 cm³/mol. The molecule has 0 saturated heterocycles. The van der Waals surface area contributed by atoms with Crippen molar-refractivity contribution in [2.24, 2.45) is 0 Å². The highest BCUT2D eigenvalue weighted by Crippen LogP contribution is 2.60. The average molecular weight is 701 g/mol. The van der Waals surface area contributed by atoms with Gasteiger partial charge >= 0.3 is 35.9 Å². The summed E-state index contributed by atoms with van der Waals surface area (Å²) in [6.45, 7) is 1.44. The molecule has 1 aromatic carbocycles. The van der Waals surface area contributed by atoms with Gasteiger partial charge in [-0.3, -0.25) is 0 Å². The van der Waals surface area contributed by atoms with Crippen molar-refractivity contribution in [2.45, 2.75) is 108 Å². The molecule has 0 spiro atoms. The van der Waals surface area contributed by atoms with E-state index in [1.54, 1.807) is 0 Å². The fourth-order valence-corrected chi connectivity index (χ4v) is 4.09. The molecule has 0 atom stereocenters. The molecule has 5 nitrogen and oxygen atoms in total. The van der Waals surface area contributed by atoms with Crippen LogP contribution in [-0.2, 0) is 15.9 Å². The third-order valence-corrected chi connectivity index (χ3v) is 6.95. The van der Waals surface area contributed by atoms with Crippen molar-refractivity contribution >= 4 is 0 Å². The molecular formula is C30H36F12N2O3. The number of nitrogens with zero attached hydrogens (tertiary/aromatic N) is 2. The minimum absolute atomic E-state index is 0.0426. The zero-order valence-electron chi connectivity index (χ0n) is 25.6. The van der Waals surface area contributed by atoms with Crippen LogP contribution in [0.1, 0.15) is 70.8 Å². The number of unbranched alkanes of at least 4 members (excludes halogenated alkanes) is 6. The fourth-order valence-electron chi connectivity index (χ4n) is 4.09. The maximum atomic E-state index is 14.3. The van der Waals surface area contributed by atoms with E-state index in [2.05, 4.69) is 19.4 Å². The lowest BCUT2D eigenvalue weighted by Crippen LogP contribution is -2.71. The van der Waals surface area contributed by atoms with Gasteiger partial charge in [0.2, 0.25) is 0 Å². The Morgan fingerprint density at radius 3 is 1.60 bits per heavy atom. The van der Waals surface area contributed by atoms with Crippen LogP contribution in [0.2, 0.25) is 0 Å². The van der Waals surface area contributed by atoms with Crippen LogP contribution in [0.4, 0.5) is 52.7 Å². The van der Waals surface area contributed by atoms with Crippen molar-refractivity contribution in [1.82, 2.24) is 9.97 Å². The van der Waals surface area contributed by atoms with E-state index in [9.17, 15) is 52.7 Å². The Balaban J connectivity index is 2.13. The van der Waals surface area contributed by atoms with Crippen LogP contribution >= 0.6 is 0 Å². The number of hydrogen-bond donors (Lipinski definition) is 0. The quantitative estimate of drug-likeness (QED) is 0.0905. The first kappa shape index (κ1) is 40.4. The van der Waals surface area contributed by atoms with Crippen LogP contribution in [0.15, 0.2) is 36.7 Å². The largest absolute Gasteiger partial charge is 0.471 e. The number of benzene rings is 1. The molecule has 0 fully saturated rings. The molecule has 2 rings (SSSR count). The van der Waals surface area contributed by atoms with Gasteiger partial charge in [-0.05, 0) is 49.1 Å². The second kappa shape index (κ2) is 16.5. The Kier molecular flexibility index (Phi) is 14.2. The van der Waals surface area contributed by atoms with Gasteiger partial charge in [0.1, 0.15) is 5.75 Å². The minimum Gasteiger partial charge on any atom is -0.428 e. The van der Waals surface area contributed by atoms with E-state index in [0.29, 0.717) is 31.4 Å². The summed E-state index contributed by atoms with van der Waals surface area (Å²) in [6, 6.07) is 2.96. The van der Waals surface area contributed by atoms with E-state index in [0.717, 1.165) is 56.2 Å². The van der Waals surface area contributed by atoms with Crippen molar-refractivity contribution in [2.75, 3.05) is 19.8 Å². The molecule has 0 aliphatic heterocycles. The first-order valence-corrected chi connectivity index (χ1v) is 14.9. The third kappa shape index (κ3) is 9.42. The van der Waals surface area contributed by atoms with Crippen LogP contribution in [0, 0.1) is 0 Å². The highest BCUT2D eigenvalue weighted by Gasteiger charge is 2.91. The Bertz CT molecular complexity index is 1210. The van der Waals surface area contributed by atoms with Crippen molar-refractivity contribution in [3.63, 3.8) is 0 Å². The number of halogens is 12. The van der Waals surface area contributed by atoms with E-state index in [1.807, 2.05) is 13.8 Å². The van der Waals surface area contributed by atoms with Crippen molar-refractivity contribution in [1.29, 1.82) is 0 Å². The normalized spacial score (nSPS) is 13.7. The second-order valence-electron chi connectivity index (χ2n) is 10.7. The lowest BCUT2D eigenvalue weighted by molar-refractivity contribution is -0.470. The Labute approximate surface area is 264 Å². The Hall–Kier alpha value is -2.82. The second-order valence-corrected chi connectivity index (χ2v) is 10.7. The molecule has 268 valence electrons. The molecule has 0 radical (unpaired) electrons. The SMILES string of the molecule is CCCCCCOCCOC(F)(F)C(F)(F)C(F)(F)C(F)(F)C(F)(F)C(F)(F)Oc1ccc(-c2ncc(CCCCCC)cn2)cc1. The molecule has 0 N–H and O–H groups in total. The zero-order chi connectivity index (χ0) is 35.6. The van der Waals surface area contributed by atoms with E-state index in [1.165, 1.54) is 12.4 Å². The van der Waals surface area contributed by atoms with Crippen LogP contribution in [-0.4, -0.2) is 65.7 Å². The molecular weight excluding hydrogens is 664 g/mol. The fraction of sp³-hybridized carbons (Fsp3) is 0.667. The molecule has 1 heterocycles. The van der Waals surface area contributed by atoms with Gasteiger partial charge in [0.25, 0.3) is 0 Å². The summed E-state index contributed by atoms with van der Waals surface area (Å²) in [5, 5.41) is 0. The lowest BCUT2D eigenvalue weighted by Gasteiger charge is -2.40. The molecule has 0 amide bonds. The molecule has 0 saturated carbocycles. The number of alkyl halides is 12. The van der Waals surface area contributed by atoms with Crippen LogP contribution < -0.4 is 4.74 Å². The minimum atomic E-state index is -7.80. The summed E-state index contributed by atoms with van der Waals surface area (Å²) in [5.74, 6) is -31.7. The lowest BCUT2D eigenvalue weighted by atomic mass is 9.97. The van der Waals surface area contributed by atoms with Gasteiger partial charge in [-0.25, -0.2) is 9.97 Å². The van der Waals surface area contributed by atoms with Crippen LogP contribution in [0.5, 0.6) is 5.75 Å². The monoisotopic (exact) mass is 700 g/mol. The number of aromatic nitrogens is 2. The summed E-state index contributed by atoms with van der Waals surface area (Å²) in [7, 11) is 0. The molecule has 47 heavy (non-hydrogen) atoms. The summed E-state index contributed by atoms with van der Waals surface area (Å²) in [5.41, 5.74) is 0.909. The van der Waals surface area contributed by atoms with Crippen LogP contribution in [0.3, 0.4) is 0 Å². The van der Waals surface area contributed by atoms with Gasteiger partial charge in [0.15, 0.2) is 5.82 Å². The number of ether oxygens (including phenoxy) is 3. The zero-order valence-corrected chi connectivity index (χ0v) is 25.6. The summed E-state index contributed by atoms with van der Waals surface area (Å²) in [4.78, 5) is 8.17. The van der Waals surface area contributed by atoms with Gasteiger partial charge in [-0.2, -0.15) is 52.7 Å². The molecule has 17 heteroatoms. The molecule has 0 aliphatic rings. The molecule has 0 unspecified atom stereocenters. The summed E-state index contributed by atoms with van der Waals surface area (Å²) < 4.78 is 182. The maximum Gasteiger partial charge on any atom is 0.471 e. The Morgan fingerprint density at radius 2 is 1.06 bits per heavy atom. The van der Waals surface area contributed by atoms with Crippen LogP contribution in [0.25, 0.3) is 11.4 Å². The standard InChI is InChI=1S/C30H36F12N2O3/c1-3-5-7-9-11-21-19-43-24(44-20-21)22-12-14-23(15-13-22)47-30(41,42)28(37,38)26(33,34)25(31,32)27(35,36)29(39,40)46-18-17-45-16-10-8-6-4-2/h12-15,19-20H,3-11,16-18H2,1-2H3.